The lowest BCUT2D eigenvalue weighted by Gasteiger charge is -2.08. The van der Waals surface area contributed by atoms with Crippen molar-refractivity contribution in [3.8, 4) is 22.8 Å². The number of halogens is 1. The summed E-state index contributed by atoms with van der Waals surface area (Å²) in [6.07, 6.45) is 0. The molecular formula is C29H22ClNO3. The van der Waals surface area contributed by atoms with Gasteiger partial charge in [-0.05, 0) is 60.2 Å². The molecule has 0 aliphatic heterocycles. The second kappa shape index (κ2) is 9.86. The minimum Gasteiger partial charge on any atom is -0.497 e. The van der Waals surface area contributed by atoms with Crippen LogP contribution in [0.5, 0.6) is 11.5 Å². The molecule has 1 aromatic heterocycles. The first-order valence-corrected chi connectivity index (χ1v) is 11.3. The zero-order chi connectivity index (χ0) is 23.3. The van der Waals surface area contributed by atoms with Crippen molar-refractivity contribution in [2.24, 2.45) is 4.99 Å². The predicted octanol–water partition coefficient (Wildman–Crippen LogP) is 7.57. The Balaban J connectivity index is 1.53. The van der Waals surface area contributed by atoms with Gasteiger partial charge in [0.05, 0.1) is 23.2 Å². The summed E-state index contributed by atoms with van der Waals surface area (Å²) < 4.78 is 17.5. The summed E-state index contributed by atoms with van der Waals surface area (Å²) in [6, 6.07) is 33.0. The Kier molecular flexibility index (Phi) is 6.32. The van der Waals surface area contributed by atoms with Crippen LogP contribution in [0.4, 0.5) is 5.69 Å². The number of hydrogen-bond acceptors (Lipinski definition) is 4. The van der Waals surface area contributed by atoms with Gasteiger partial charge >= 0.3 is 0 Å². The molecule has 0 N–H and O–H groups in total. The molecule has 34 heavy (non-hydrogen) atoms. The molecule has 0 atom stereocenters. The molecule has 0 spiro atoms. The van der Waals surface area contributed by atoms with Crippen molar-refractivity contribution in [3.05, 3.63) is 119 Å². The zero-order valence-electron chi connectivity index (χ0n) is 18.6. The van der Waals surface area contributed by atoms with Gasteiger partial charge in [0, 0.05) is 17.0 Å². The van der Waals surface area contributed by atoms with Crippen LogP contribution >= 0.6 is 11.6 Å². The maximum atomic E-state index is 6.44. The third-order valence-corrected chi connectivity index (χ3v) is 5.75. The van der Waals surface area contributed by atoms with E-state index in [0.717, 1.165) is 39.1 Å². The standard InChI is InChI=1S/C29H22ClNO3/c1-32-23-15-16-28-25(17-23)27(18-29(34-28)24-9-5-6-10-26(24)30)31-21-11-13-22(14-12-21)33-19-20-7-3-2-4-8-20/h2-18H,19H2,1H3. The van der Waals surface area contributed by atoms with E-state index in [1.54, 1.807) is 7.11 Å². The summed E-state index contributed by atoms with van der Waals surface area (Å²) in [6.45, 7) is 0.517. The molecule has 0 amide bonds. The van der Waals surface area contributed by atoms with Gasteiger partial charge in [-0.2, -0.15) is 0 Å². The van der Waals surface area contributed by atoms with Crippen LogP contribution in [0.25, 0.3) is 22.3 Å². The van der Waals surface area contributed by atoms with E-state index in [9.17, 15) is 0 Å². The summed E-state index contributed by atoms with van der Waals surface area (Å²) in [7, 11) is 1.64. The average Bonchev–Trinajstić information content (AvgIpc) is 2.89. The smallest absolute Gasteiger partial charge is 0.138 e. The lowest BCUT2D eigenvalue weighted by Crippen LogP contribution is -2.03. The second-order valence-electron chi connectivity index (χ2n) is 7.72. The molecule has 0 bridgehead atoms. The minimum absolute atomic E-state index is 0.517. The molecule has 0 fully saturated rings. The third-order valence-electron chi connectivity index (χ3n) is 5.42. The molecule has 0 aliphatic carbocycles. The minimum atomic E-state index is 0.517. The first-order valence-electron chi connectivity index (χ1n) is 10.9. The van der Waals surface area contributed by atoms with Gasteiger partial charge in [-0.3, -0.25) is 0 Å². The molecule has 4 nitrogen and oxygen atoms in total. The van der Waals surface area contributed by atoms with E-state index in [4.69, 9.17) is 30.5 Å². The predicted molar refractivity (Wildman–Crippen MR) is 136 cm³/mol. The van der Waals surface area contributed by atoms with Gasteiger partial charge in [0.1, 0.15) is 29.4 Å². The Bertz CT molecular complexity index is 1490. The number of methoxy groups -OCH3 is 1. The van der Waals surface area contributed by atoms with Crippen molar-refractivity contribution in [1.29, 1.82) is 0 Å². The first-order chi connectivity index (χ1) is 16.7. The fourth-order valence-corrected chi connectivity index (χ4v) is 3.89. The monoisotopic (exact) mass is 467 g/mol. The van der Waals surface area contributed by atoms with Crippen molar-refractivity contribution >= 4 is 28.3 Å². The van der Waals surface area contributed by atoms with Crippen molar-refractivity contribution in [1.82, 2.24) is 0 Å². The van der Waals surface area contributed by atoms with Crippen LogP contribution < -0.4 is 14.8 Å². The maximum absolute atomic E-state index is 6.44. The zero-order valence-corrected chi connectivity index (χ0v) is 19.3. The molecule has 1 heterocycles. The molecule has 0 saturated heterocycles. The van der Waals surface area contributed by atoms with E-state index in [-0.39, 0.29) is 0 Å². The van der Waals surface area contributed by atoms with E-state index in [0.29, 0.717) is 23.0 Å². The molecule has 0 aliphatic rings. The Morgan fingerprint density at radius 1 is 0.794 bits per heavy atom. The number of hydrogen-bond donors (Lipinski definition) is 0. The Hall–Kier alpha value is -4.02. The van der Waals surface area contributed by atoms with Crippen LogP contribution in [0.3, 0.4) is 0 Å². The molecule has 168 valence electrons. The van der Waals surface area contributed by atoms with E-state index >= 15 is 0 Å². The second-order valence-corrected chi connectivity index (χ2v) is 8.13. The highest BCUT2D eigenvalue weighted by molar-refractivity contribution is 6.33. The van der Waals surface area contributed by atoms with Gasteiger partial charge < -0.3 is 13.9 Å². The van der Waals surface area contributed by atoms with Crippen molar-refractivity contribution in [2.45, 2.75) is 6.61 Å². The Morgan fingerprint density at radius 3 is 2.29 bits per heavy atom. The average molecular weight is 468 g/mol. The largest absolute Gasteiger partial charge is 0.497 e. The first kappa shape index (κ1) is 21.8. The van der Waals surface area contributed by atoms with Crippen molar-refractivity contribution in [2.75, 3.05) is 7.11 Å². The molecule has 4 aromatic carbocycles. The number of nitrogens with zero attached hydrogens (tertiary/aromatic N) is 1. The fourth-order valence-electron chi connectivity index (χ4n) is 3.66. The number of ether oxygens (including phenoxy) is 2. The molecule has 0 unspecified atom stereocenters. The topological polar surface area (TPSA) is 44.0 Å². The van der Waals surface area contributed by atoms with Gasteiger partial charge in [0.2, 0.25) is 0 Å². The van der Waals surface area contributed by atoms with Gasteiger partial charge in [0.15, 0.2) is 0 Å². The van der Waals surface area contributed by atoms with Crippen LogP contribution in [0.15, 0.2) is 113 Å². The van der Waals surface area contributed by atoms with Gasteiger partial charge in [-0.15, -0.1) is 0 Å². The third kappa shape index (κ3) is 4.82. The molecule has 5 aromatic rings. The molecule has 0 saturated carbocycles. The van der Waals surface area contributed by atoms with E-state index in [1.165, 1.54) is 0 Å². The summed E-state index contributed by atoms with van der Waals surface area (Å²) in [5, 5.41) is 2.22. The van der Waals surface area contributed by atoms with E-state index in [1.807, 2.05) is 103 Å². The summed E-state index contributed by atoms with van der Waals surface area (Å²) in [4.78, 5) is 4.91. The maximum Gasteiger partial charge on any atom is 0.138 e. The van der Waals surface area contributed by atoms with Crippen molar-refractivity contribution < 1.29 is 13.9 Å². The SMILES string of the molecule is COc1ccc2oc(-c3ccccc3Cl)cc(=Nc3ccc(OCc4ccccc4)cc3)c2c1. The molecule has 5 rings (SSSR count). The van der Waals surface area contributed by atoms with Crippen LogP contribution in [-0.4, -0.2) is 7.11 Å². The molecular weight excluding hydrogens is 446 g/mol. The highest BCUT2D eigenvalue weighted by Crippen LogP contribution is 2.30. The van der Waals surface area contributed by atoms with E-state index in [2.05, 4.69) is 0 Å². The van der Waals surface area contributed by atoms with Crippen molar-refractivity contribution in [3.63, 3.8) is 0 Å². The summed E-state index contributed by atoms with van der Waals surface area (Å²) in [5.74, 6) is 2.16. The number of fused-ring (bicyclic) bond motifs is 1. The fraction of sp³-hybridized carbons (Fsp3) is 0.0690. The lowest BCUT2D eigenvalue weighted by molar-refractivity contribution is 0.306. The summed E-state index contributed by atoms with van der Waals surface area (Å²) >= 11 is 6.44. The highest BCUT2D eigenvalue weighted by atomic mass is 35.5. The van der Waals surface area contributed by atoms with Crippen LogP contribution in [-0.2, 0) is 6.61 Å². The normalized spacial score (nSPS) is 11.5. The van der Waals surface area contributed by atoms with Crippen LogP contribution in [0.2, 0.25) is 5.02 Å². The highest BCUT2D eigenvalue weighted by Gasteiger charge is 2.10. The Morgan fingerprint density at radius 2 is 1.53 bits per heavy atom. The molecule has 5 heteroatoms. The van der Waals surface area contributed by atoms with Gasteiger partial charge in [-0.1, -0.05) is 54.1 Å². The number of benzene rings is 4. The van der Waals surface area contributed by atoms with E-state index < -0.39 is 0 Å². The lowest BCUT2D eigenvalue weighted by atomic mass is 10.1. The van der Waals surface area contributed by atoms with Crippen LogP contribution in [0, 0.1) is 0 Å². The molecule has 0 radical (unpaired) electrons. The number of rotatable bonds is 6. The Labute approximate surface area is 202 Å². The van der Waals surface area contributed by atoms with Gasteiger partial charge in [-0.25, -0.2) is 4.99 Å². The van der Waals surface area contributed by atoms with Gasteiger partial charge in [0.25, 0.3) is 0 Å². The quantitative estimate of drug-likeness (QED) is 0.258. The summed E-state index contributed by atoms with van der Waals surface area (Å²) in [5.41, 5.74) is 3.42. The van der Waals surface area contributed by atoms with Crippen LogP contribution in [0.1, 0.15) is 5.56 Å².